The molecule has 0 unspecified atom stereocenters. The first kappa shape index (κ1) is 29.4. The Kier molecular flexibility index (Phi) is 22.6. The average Bonchev–Trinajstić information content (AvgIpc) is 2.48. The van der Waals surface area contributed by atoms with E-state index in [1.54, 1.807) is 0 Å². The molecule has 0 aromatic carbocycles. The smallest absolute Gasteiger partial charge is 0.0156 e. The van der Waals surface area contributed by atoms with Gasteiger partial charge in [0.25, 0.3) is 0 Å². The van der Waals surface area contributed by atoms with E-state index in [1.165, 1.54) is 12.8 Å². The van der Waals surface area contributed by atoms with Crippen molar-refractivity contribution in [3.05, 3.63) is 0 Å². The summed E-state index contributed by atoms with van der Waals surface area (Å²) in [5, 5.41) is 0. The van der Waals surface area contributed by atoms with Crippen LogP contribution in [0.15, 0.2) is 0 Å². The molecule has 0 radical (unpaired) electrons. The van der Waals surface area contributed by atoms with Gasteiger partial charge in [-0.15, -0.1) is 11.8 Å². The van der Waals surface area contributed by atoms with Crippen molar-refractivity contribution in [2.75, 3.05) is 0 Å². The van der Waals surface area contributed by atoms with Crippen molar-refractivity contribution in [2.24, 2.45) is 35.5 Å². The lowest BCUT2D eigenvalue weighted by Gasteiger charge is -2.05. The van der Waals surface area contributed by atoms with E-state index in [1.807, 2.05) is 0 Å². The molecule has 0 spiro atoms. The third-order valence-electron chi connectivity index (χ3n) is 2.77. The van der Waals surface area contributed by atoms with E-state index in [4.69, 9.17) is 0 Å². The molecule has 0 saturated carbocycles. The zero-order chi connectivity index (χ0) is 21.1. The minimum Gasteiger partial charge on any atom is -0.100 e. The molecular weight excluding hydrogens is 312 g/mol. The summed E-state index contributed by atoms with van der Waals surface area (Å²) >= 11 is 0. The zero-order valence-corrected chi connectivity index (χ0v) is 19.9. The summed E-state index contributed by atoms with van der Waals surface area (Å²) in [7, 11) is 0. The monoisotopic (exact) mass is 358 g/mol. The highest BCUT2D eigenvalue weighted by atomic mass is 14.0. The Morgan fingerprint density at radius 2 is 0.615 bits per heavy atom. The van der Waals surface area contributed by atoms with Gasteiger partial charge in [-0.2, -0.15) is 0 Å². The Balaban J connectivity index is -0.000000308. The fraction of sp³-hybridized carbons (Fsp3) is 0.769. The Hall–Kier alpha value is -1.32. The highest BCUT2D eigenvalue weighted by Gasteiger charge is 1.95. The van der Waals surface area contributed by atoms with Crippen molar-refractivity contribution in [2.45, 2.75) is 95.9 Å². The molecule has 0 bridgehead atoms. The van der Waals surface area contributed by atoms with Crippen LogP contribution in [0.1, 0.15) is 95.9 Å². The van der Waals surface area contributed by atoms with E-state index in [0.717, 1.165) is 11.8 Å². The number of hydrogen-bond donors (Lipinski definition) is 0. The molecule has 0 heteroatoms. The van der Waals surface area contributed by atoms with Gasteiger partial charge in [-0.25, -0.2) is 0 Å². The van der Waals surface area contributed by atoms with Gasteiger partial charge in [0.05, 0.1) is 0 Å². The van der Waals surface area contributed by atoms with Crippen molar-refractivity contribution in [1.82, 2.24) is 0 Å². The van der Waals surface area contributed by atoms with E-state index in [2.05, 4.69) is 119 Å². The molecule has 0 aliphatic carbocycles. The molecule has 0 aliphatic rings. The molecule has 0 saturated heterocycles. The highest BCUT2D eigenvalue weighted by Crippen LogP contribution is 2.09. The summed E-state index contributed by atoms with van der Waals surface area (Å²) < 4.78 is 0. The van der Waals surface area contributed by atoms with Gasteiger partial charge in [0.2, 0.25) is 0 Å². The number of rotatable bonds is 3. The maximum atomic E-state index is 3.09. The Bertz CT molecular complexity index is 423. The predicted octanol–water partition coefficient (Wildman–Crippen LogP) is 7.69. The average molecular weight is 359 g/mol. The maximum absolute atomic E-state index is 3.09. The summed E-state index contributed by atoms with van der Waals surface area (Å²) in [4.78, 5) is 0. The second kappa shape index (κ2) is 20.0. The third-order valence-corrected chi connectivity index (χ3v) is 2.77. The van der Waals surface area contributed by atoms with Gasteiger partial charge in [-0.05, 0) is 23.7 Å². The van der Waals surface area contributed by atoms with E-state index in [9.17, 15) is 0 Å². The first-order valence-electron chi connectivity index (χ1n) is 10.4. The second-order valence-electron chi connectivity index (χ2n) is 8.81. The summed E-state index contributed by atoms with van der Waals surface area (Å²) in [6.07, 6.45) is 2.77. The van der Waals surface area contributed by atoms with Gasteiger partial charge in [0.1, 0.15) is 0 Å². The molecule has 0 aromatic rings. The van der Waals surface area contributed by atoms with E-state index in [-0.39, 0.29) is 0 Å². The standard InChI is InChI=1S/C10H14.C8H18.C8H14/c1-9(2)7-5-6-8-10(3)4;2*1-7(2)5-6-8(3)4/h9-10H,1-4H3;7-8H,5-6H2,1-4H3;7-8H,1-4H3. The van der Waals surface area contributed by atoms with Crippen LogP contribution in [0.3, 0.4) is 0 Å². The lowest BCUT2D eigenvalue weighted by Crippen LogP contribution is -1.91. The van der Waals surface area contributed by atoms with Crippen LogP contribution in [-0.4, -0.2) is 0 Å². The molecule has 0 N–H and O–H groups in total. The first-order valence-corrected chi connectivity index (χ1v) is 10.4. The molecule has 0 aliphatic heterocycles. The third kappa shape index (κ3) is 43.4. The molecule has 0 heterocycles. The molecule has 0 nitrogen and oxygen atoms in total. The molecule has 150 valence electrons. The lowest BCUT2D eigenvalue weighted by molar-refractivity contribution is 0.476. The van der Waals surface area contributed by atoms with Crippen molar-refractivity contribution < 1.29 is 0 Å². The quantitative estimate of drug-likeness (QED) is 0.454. The molecule has 0 rings (SSSR count). The van der Waals surface area contributed by atoms with Gasteiger partial charge >= 0.3 is 0 Å². The van der Waals surface area contributed by atoms with Gasteiger partial charge < -0.3 is 0 Å². The van der Waals surface area contributed by atoms with Crippen LogP contribution in [0.25, 0.3) is 0 Å². The van der Waals surface area contributed by atoms with Crippen LogP contribution in [0.5, 0.6) is 0 Å². The minimum absolute atomic E-state index is 0.432. The zero-order valence-electron chi connectivity index (χ0n) is 19.9. The predicted molar refractivity (Wildman–Crippen MR) is 122 cm³/mol. The summed E-state index contributed by atoms with van der Waals surface area (Å²) in [6.45, 7) is 25.8. The molecule has 0 amide bonds. The minimum atomic E-state index is 0.432. The maximum Gasteiger partial charge on any atom is 0.0156 e. The molecule has 0 aromatic heterocycles. The van der Waals surface area contributed by atoms with E-state index in [0.29, 0.717) is 23.7 Å². The van der Waals surface area contributed by atoms with Crippen molar-refractivity contribution in [1.29, 1.82) is 0 Å². The Labute approximate surface area is 167 Å². The van der Waals surface area contributed by atoms with Crippen molar-refractivity contribution in [3.63, 3.8) is 0 Å². The van der Waals surface area contributed by atoms with Crippen LogP contribution < -0.4 is 0 Å². The van der Waals surface area contributed by atoms with Crippen LogP contribution in [0, 0.1) is 71.0 Å². The van der Waals surface area contributed by atoms with Crippen LogP contribution >= 0.6 is 0 Å². The summed E-state index contributed by atoms with van der Waals surface area (Å²) in [6, 6.07) is 0. The fourth-order valence-corrected chi connectivity index (χ4v) is 1.36. The normalized spacial score (nSPS) is 9.46. The largest absolute Gasteiger partial charge is 0.100 e. The molecule has 0 atom stereocenters. The topological polar surface area (TPSA) is 0 Å². The molecule has 0 fully saturated rings. The second-order valence-corrected chi connectivity index (χ2v) is 8.81. The molecular formula is C26H46. The highest BCUT2D eigenvalue weighted by molar-refractivity contribution is 5.26. The Morgan fingerprint density at radius 3 is 0.769 bits per heavy atom. The summed E-state index contributed by atoms with van der Waals surface area (Å²) in [5.41, 5.74) is 0. The molecule has 26 heavy (non-hydrogen) atoms. The van der Waals surface area contributed by atoms with Gasteiger partial charge in [0, 0.05) is 23.7 Å². The van der Waals surface area contributed by atoms with Crippen molar-refractivity contribution >= 4 is 0 Å². The fourth-order valence-electron chi connectivity index (χ4n) is 1.36. The van der Waals surface area contributed by atoms with Gasteiger partial charge in [-0.3, -0.25) is 0 Å². The van der Waals surface area contributed by atoms with Gasteiger partial charge in [-0.1, -0.05) is 108 Å². The van der Waals surface area contributed by atoms with Crippen molar-refractivity contribution in [3.8, 4) is 35.5 Å². The SMILES string of the molecule is CC(C)C#CC#CC(C)C.CC(C)C#CC(C)C.CC(C)CCC(C)C. The van der Waals surface area contributed by atoms with Gasteiger partial charge in [0.15, 0.2) is 0 Å². The summed E-state index contributed by atoms with van der Waals surface area (Å²) in [5.74, 6) is 21.4. The van der Waals surface area contributed by atoms with Crippen LogP contribution in [0.4, 0.5) is 0 Å². The lowest BCUT2D eigenvalue weighted by atomic mass is 10.0. The number of hydrogen-bond acceptors (Lipinski definition) is 0. The van der Waals surface area contributed by atoms with Crippen LogP contribution in [0.2, 0.25) is 0 Å². The first-order chi connectivity index (χ1) is 11.9. The van der Waals surface area contributed by atoms with E-state index < -0.39 is 0 Å². The van der Waals surface area contributed by atoms with Crippen LogP contribution in [-0.2, 0) is 0 Å². The van der Waals surface area contributed by atoms with E-state index >= 15 is 0 Å². The Morgan fingerprint density at radius 1 is 0.385 bits per heavy atom.